The number of rotatable bonds is 4. The zero-order valence-corrected chi connectivity index (χ0v) is 10.7. The number of nitrogens with zero attached hydrogens (tertiary/aromatic N) is 1. The van der Waals surface area contributed by atoms with Crippen molar-refractivity contribution in [2.45, 2.75) is 40.2 Å². The maximum Gasteiger partial charge on any atom is 0.213 e. The lowest BCUT2D eigenvalue weighted by molar-refractivity contribution is 0.236. The first-order valence-corrected chi connectivity index (χ1v) is 5.73. The molecule has 0 aliphatic rings. The van der Waals surface area contributed by atoms with Crippen LogP contribution in [-0.4, -0.2) is 11.6 Å². The van der Waals surface area contributed by atoms with Gasteiger partial charge in [0.2, 0.25) is 5.88 Å². The molecule has 0 radical (unpaired) electrons. The smallest absolute Gasteiger partial charge is 0.213 e. The molecule has 1 rings (SSSR count). The summed E-state index contributed by atoms with van der Waals surface area (Å²) in [7, 11) is 0. The summed E-state index contributed by atoms with van der Waals surface area (Å²) in [4.78, 5) is 4.22. The Hall–Kier alpha value is -1.09. The van der Waals surface area contributed by atoms with Gasteiger partial charge in [0, 0.05) is 18.3 Å². The topological polar surface area (TPSA) is 48.1 Å². The van der Waals surface area contributed by atoms with Crippen LogP contribution in [0.5, 0.6) is 5.88 Å². The Labute approximate surface area is 98.0 Å². The number of hydrogen-bond acceptors (Lipinski definition) is 3. The van der Waals surface area contributed by atoms with Gasteiger partial charge in [0.1, 0.15) is 0 Å². The summed E-state index contributed by atoms with van der Waals surface area (Å²) in [6.45, 7) is 9.24. The quantitative estimate of drug-likeness (QED) is 0.852. The van der Waals surface area contributed by atoms with Crippen molar-refractivity contribution in [2.75, 3.05) is 6.61 Å². The van der Waals surface area contributed by atoms with Crippen LogP contribution in [0.15, 0.2) is 18.3 Å². The summed E-state index contributed by atoms with van der Waals surface area (Å²) < 4.78 is 5.56. The van der Waals surface area contributed by atoms with E-state index in [1.807, 2.05) is 19.1 Å². The Morgan fingerprint density at radius 1 is 1.38 bits per heavy atom. The van der Waals surface area contributed by atoms with Crippen molar-refractivity contribution in [3.05, 3.63) is 23.9 Å². The molecule has 0 fully saturated rings. The number of nitrogens with two attached hydrogens (primary N) is 1. The molecule has 0 amide bonds. The lowest BCUT2D eigenvalue weighted by atomic mass is 9.93. The number of aromatic nitrogens is 1. The molecule has 3 heteroatoms. The fraction of sp³-hybridized carbons (Fsp3) is 0.615. The highest BCUT2D eigenvalue weighted by Crippen LogP contribution is 2.19. The van der Waals surface area contributed by atoms with Crippen LogP contribution in [0, 0.1) is 5.41 Å². The summed E-state index contributed by atoms with van der Waals surface area (Å²) in [6.07, 6.45) is 2.79. The number of hydrogen-bond donors (Lipinski definition) is 1. The SMILES string of the molecule is C[C@H](N)c1ccc(OCCC(C)(C)C)nc1. The summed E-state index contributed by atoms with van der Waals surface area (Å²) in [5, 5.41) is 0. The van der Waals surface area contributed by atoms with Gasteiger partial charge in [-0.25, -0.2) is 4.98 Å². The molecule has 1 heterocycles. The maximum absolute atomic E-state index is 5.74. The summed E-state index contributed by atoms with van der Waals surface area (Å²) in [5.41, 5.74) is 7.07. The van der Waals surface area contributed by atoms with Gasteiger partial charge in [0.05, 0.1) is 6.61 Å². The van der Waals surface area contributed by atoms with Gasteiger partial charge in [-0.3, -0.25) is 0 Å². The Kier molecular flexibility index (Phi) is 4.30. The Morgan fingerprint density at radius 2 is 2.06 bits per heavy atom. The lowest BCUT2D eigenvalue weighted by Crippen LogP contribution is -2.11. The molecule has 0 aromatic carbocycles. The van der Waals surface area contributed by atoms with Crippen LogP contribution in [0.1, 0.15) is 45.7 Å². The van der Waals surface area contributed by atoms with Crippen molar-refractivity contribution in [3.63, 3.8) is 0 Å². The van der Waals surface area contributed by atoms with Crippen LogP contribution in [0.2, 0.25) is 0 Å². The monoisotopic (exact) mass is 222 g/mol. The molecule has 3 nitrogen and oxygen atoms in total. The zero-order valence-electron chi connectivity index (χ0n) is 10.7. The van der Waals surface area contributed by atoms with E-state index in [9.17, 15) is 0 Å². The van der Waals surface area contributed by atoms with Crippen molar-refractivity contribution >= 4 is 0 Å². The van der Waals surface area contributed by atoms with Crippen molar-refractivity contribution in [3.8, 4) is 5.88 Å². The van der Waals surface area contributed by atoms with Crippen LogP contribution in [-0.2, 0) is 0 Å². The van der Waals surface area contributed by atoms with E-state index in [1.54, 1.807) is 6.20 Å². The molecule has 2 N–H and O–H groups in total. The predicted octanol–water partition coefficient (Wildman–Crippen LogP) is 2.92. The fourth-order valence-electron chi connectivity index (χ4n) is 1.21. The van der Waals surface area contributed by atoms with Crippen LogP contribution in [0.25, 0.3) is 0 Å². The summed E-state index contributed by atoms with van der Waals surface area (Å²) >= 11 is 0. The standard InChI is InChI=1S/C13H22N2O/c1-10(14)11-5-6-12(15-9-11)16-8-7-13(2,3)4/h5-6,9-10H,7-8,14H2,1-4H3/t10-/m0/s1. The van der Waals surface area contributed by atoms with E-state index in [4.69, 9.17) is 10.5 Å². The molecule has 0 aliphatic heterocycles. The third kappa shape index (κ3) is 4.62. The van der Waals surface area contributed by atoms with E-state index >= 15 is 0 Å². The lowest BCUT2D eigenvalue weighted by Gasteiger charge is -2.17. The number of ether oxygens (including phenoxy) is 1. The van der Waals surface area contributed by atoms with E-state index in [1.165, 1.54) is 0 Å². The van der Waals surface area contributed by atoms with E-state index in [0.29, 0.717) is 17.9 Å². The second-order valence-corrected chi connectivity index (χ2v) is 5.38. The van der Waals surface area contributed by atoms with E-state index in [-0.39, 0.29) is 6.04 Å². The summed E-state index contributed by atoms with van der Waals surface area (Å²) in [6, 6.07) is 3.86. The molecule has 1 atom stereocenters. The second kappa shape index (κ2) is 5.30. The molecule has 16 heavy (non-hydrogen) atoms. The van der Waals surface area contributed by atoms with Crippen LogP contribution >= 0.6 is 0 Å². The van der Waals surface area contributed by atoms with Gasteiger partial charge in [-0.15, -0.1) is 0 Å². The molecule has 0 bridgehead atoms. The Morgan fingerprint density at radius 3 is 2.50 bits per heavy atom. The van der Waals surface area contributed by atoms with Gasteiger partial charge >= 0.3 is 0 Å². The van der Waals surface area contributed by atoms with Crippen molar-refractivity contribution in [1.82, 2.24) is 4.98 Å². The Balaban J connectivity index is 2.44. The van der Waals surface area contributed by atoms with Crippen LogP contribution in [0.4, 0.5) is 0 Å². The van der Waals surface area contributed by atoms with Gasteiger partial charge in [-0.05, 0) is 24.3 Å². The molecule has 0 saturated carbocycles. The second-order valence-electron chi connectivity index (χ2n) is 5.38. The average molecular weight is 222 g/mol. The number of pyridine rings is 1. The molecule has 1 aromatic heterocycles. The van der Waals surface area contributed by atoms with Gasteiger partial charge in [-0.1, -0.05) is 26.8 Å². The molecule has 0 spiro atoms. The molecular formula is C13H22N2O. The third-order valence-corrected chi connectivity index (χ3v) is 2.39. The van der Waals surface area contributed by atoms with Crippen molar-refractivity contribution in [1.29, 1.82) is 0 Å². The van der Waals surface area contributed by atoms with Gasteiger partial charge in [0.25, 0.3) is 0 Å². The third-order valence-electron chi connectivity index (χ3n) is 2.39. The van der Waals surface area contributed by atoms with E-state index in [0.717, 1.165) is 12.0 Å². The highest BCUT2D eigenvalue weighted by molar-refractivity contribution is 5.19. The highest BCUT2D eigenvalue weighted by atomic mass is 16.5. The Bertz CT molecular complexity index is 312. The summed E-state index contributed by atoms with van der Waals surface area (Å²) in [5.74, 6) is 0.675. The molecular weight excluding hydrogens is 200 g/mol. The van der Waals surface area contributed by atoms with Crippen LogP contribution in [0.3, 0.4) is 0 Å². The molecule has 1 aromatic rings. The first-order valence-electron chi connectivity index (χ1n) is 5.73. The minimum Gasteiger partial charge on any atom is -0.478 e. The van der Waals surface area contributed by atoms with Gasteiger partial charge in [-0.2, -0.15) is 0 Å². The highest BCUT2D eigenvalue weighted by Gasteiger charge is 2.10. The van der Waals surface area contributed by atoms with Gasteiger partial charge in [0.15, 0.2) is 0 Å². The normalized spacial score (nSPS) is 13.6. The first kappa shape index (κ1) is 13.0. The fourth-order valence-corrected chi connectivity index (χ4v) is 1.21. The zero-order chi connectivity index (χ0) is 12.2. The van der Waals surface area contributed by atoms with Crippen LogP contribution < -0.4 is 10.5 Å². The largest absolute Gasteiger partial charge is 0.478 e. The minimum atomic E-state index is 0.0242. The van der Waals surface area contributed by atoms with Crippen molar-refractivity contribution < 1.29 is 4.74 Å². The van der Waals surface area contributed by atoms with Gasteiger partial charge < -0.3 is 10.5 Å². The molecule has 0 saturated heterocycles. The van der Waals surface area contributed by atoms with E-state index < -0.39 is 0 Å². The molecule has 0 unspecified atom stereocenters. The minimum absolute atomic E-state index is 0.0242. The molecule has 0 aliphatic carbocycles. The predicted molar refractivity (Wildman–Crippen MR) is 66.4 cm³/mol. The van der Waals surface area contributed by atoms with E-state index in [2.05, 4.69) is 25.8 Å². The average Bonchev–Trinajstić information content (AvgIpc) is 2.16. The molecule has 90 valence electrons. The van der Waals surface area contributed by atoms with Crippen molar-refractivity contribution in [2.24, 2.45) is 11.1 Å². The maximum atomic E-state index is 5.74. The first-order chi connectivity index (χ1) is 7.38.